The van der Waals surface area contributed by atoms with Crippen LogP contribution in [0.3, 0.4) is 0 Å². The third-order valence-corrected chi connectivity index (χ3v) is 18.6. The monoisotopic (exact) mass is 763 g/mol. The molecule has 1 aliphatic heterocycles. The standard InChI is InChI=1S/C36H40N13OP3/c1-45(37-31-19-9-10-20-31)51(46(2)38-32-21-11-12-22-32)42-52(47(3)39-33-23-13-14-24-33,48(4)40-34-25-15-16-26-34)44-53(43-51,50-36-29-7-6-8-30-36)49(5)41-35-27-17-18-28-35/h6-30H,1-5H3. The number of hydrogen-bond acceptors (Lipinski definition) is 14. The van der Waals surface area contributed by atoms with Crippen LogP contribution >= 0.6 is 22.6 Å². The van der Waals surface area contributed by atoms with Crippen LogP contribution in [0, 0.1) is 0 Å². The lowest BCUT2D eigenvalue weighted by atomic mass is 10.3. The Morgan fingerprint density at radius 1 is 0.396 bits per heavy atom. The molecular weight excluding hydrogens is 723 g/mol. The van der Waals surface area contributed by atoms with Gasteiger partial charge in [0.1, 0.15) is 5.75 Å². The third kappa shape index (κ3) is 7.53. The maximum atomic E-state index is 7.14. The van der Waals surface area contributed by atoms with Crippen molar-refractivity contribution >= 4 is 51.2 Å². The molecule has 53 heavy (non-hydrogen) atoms. The van der Waals surface area contributed by atoms with E-state index >= 15 is 0 Å². The first-order chi connectivity index (χ1) is 25.7. The molecule has 0 fully saturated rings. The number of nitrogens with zero attached hydrogens (tertiary/aromatic N) is 13. The first-order valence-corrected chi connectivity index (χ1v) is 21.5. The Labute approximate surface area is 310 Å². The second-order valence-electron chi connectivity index (χ2n) is 11.9. The Balaban J connectivity index is 1.62. The molecule has 17 heteroatoms. The van der Waals surface area contributed by atoms with Crippen molar-refractivity contribution in [2.75, 3.05) is 35.2 Å². The lowest BCUT2D eigenvalue weighted by Crippen LogP contribution is -2.28. The SMILES string of the molecule is CN(N=C1C=CC=C1)P1(Oc2ccccc2)=NP(N(C)N=C2C=CC=C2)(N(C)N=C2C=CC=C2)=NP(N(C)N=C2C=CC=C2)(N(C)N=C2C=CC=C2)=N1. The number of para-hydroxylation sites is 1. The fraction of sp³-hybridized carbons (Fsp3) is 0.139. The Hall–Kier alpha value is -5.54. The lowest BCUT2D eigenvalue weighted by Gasteiger charge is -2.44. The summed E-state index contributed by atoms with van der Waals surface area (Å²) in [7, 11) is -1.32. The summed E-state index contributed by atoms with van der Waals surface area (Å²) in [6, 6.07) is 9.55. The summed E-state index contributed by atoms with van der Waals surface area (Å²) < 4.78 is 33.3. The van der Waals surface area contributed by atoms with Gasteiger partial charge in [0.2, 0.25) is 0 Å². The van der Waals surface area contributed by atoms with E-state index in [0.29, 0.717) is 5.75 Å². The predicted octanol–water partition coefficient (Wildman–Crippen LogP) is 8.99. The minimum absolute atomic E-state index is 0.563. The molecule has 1 atom stereocenters. The number of allylic oxidation sites excluding steroid dienone is 20. The highest BCUT2D eigenvalue weighted by Crippen LogP contribution is 2.82. The zero-order chi connectivity index (χ0) is 36.9. The van der Waals surface area contributed by atoms with Gasteiger partial charge in [0, 0.05) is 35.2 Å². The van der Waals surface area contributed by atoms with Crippen LogP contribution in [0.2, 0.25) is 0 Å². The van der Waals surface area contributed by atoms with Crippen LogP contribution in [-0.4, -0.2) is 87.7 Å². The number of hydrazone groups is 5. The van der Waals surface area contributed by atoms with Crippen LogP contribution in [0.25, 0.3) is 0 Å². The number of rotatable bonds is 12. The molecule has 0 spiro atoms. The smallest absolute Gasteiger partial charge is 0.378 e. The molecule has 1 heterocycles. The quantitative estimate of drug-likeness (QED) is 0.155. The molecule has 7 rings (SSSR count). The van der Waals surface area contributed by atoms with Gasteiger partial charge in [0.15, 0.2) is 0 Å². The van der Waals surface area contributed by atoms with Gasteiger partial charge in [0.25, 0.3) is 0 Å². The second kappa shape index (κ2) is 15.2. The maximum absolute atomic E-state index is 7.14. The zero-order valence-corrected chi connectivity index (χ0v) is 32.7. The average Bonchev–Trinajstić information content (AvgIpc) is 4.00. The van der Waals surface area contributed by atoms with Crippen LogP contribution < -0.4 is 4.52 Å². The van der Waals surface area contributed by atoms with Gasteiger partial charge in [-0.1, -0.05) is 79.0 Å². The van der Waals surface area contributed by atoms with Crippen molar-refractivity contribution in [3.63, 3.8) is 0 Å². The summed E-state index contributed by atoms with van der Waals surface area (Å²) in [5.41, 5.74) is 3.66. The van der Waals surface area contributed by atoms with E-state index in [2.05, 4.69) is 0 Å². The largest absolute Gasteiger partial charge is 0.426 e. The van der Waals surface area contributed by atoms with Gasteiger partial charge in [-0.2, -0.15) is 30.0 Å². The number of hydrogen-bond donors (Lipinski definition) is 0. The van der Waals surface area contributed by atoms with Gasteiger partial charge in [-0.05, 0) is 72.9 Å². The van der Waals surface area contributed by atoms with Crippen molar-refractivity contribution in [2.24, 2.45) is 39.1 Å². The van der Waals surface area contributed by atoms with E-state index in [1.54, 1.807) is 4.78 Å². The fourth-order valence-corrected chi connectivity index (χ4v) is 18.0. The third-order valence-electron chi connectivity index (χ3n) is 8.14. The van der Waals surface area contributed by atoms with E-state index in [1.807, 2.05) is 206 Å². The van der Waals surface area contributed by atoms with Gasteiger partial charge in [-0.3, -0.25) is 0 Å². The molecule has 0 saturated heterocycles. The summed E-state index contributed by atoms with van der Waals surface area (Å²) >= 11 is 0. The van der Waals surface area contributed by atoms with E-state index in [0.717, 1.165) is 28.6 Å². The average molecular weight is 764 g/mol. The zero-order valence-electron chi connectivity index (χ0n) is 30.0. The van der Waals surface area contributed by atoms with Crippen LogP contribution in [-0.2, 0) is 0 Å². The van der Waals surface area contributed by atoms with E-state index < -0.39 is 22.6 Å². The molecule has 0 bridgehead atoms. The highest BCUT2D eigenvalue weighted by molar-refractivity contribution is 7.82. The molecule has 1 unspecified atom stereocenters. The second-order valence-corrected chi connectivity index (χ2v) is 20.3. The molecule has 0 aromatic heterocycles. The van der Waals surface area contributed by atoms with Crippen molar-refractivity contribution in [3.8, 4) is 5.75 Å². The minimum atomic E-state index is -3.65. The molecule has 1 aromatic rings. The van der Waals surface area contributed by atoms with E-state index in [9.17, 15) is 0 Å². The summed E-state index contributed by atoms with van der Waals surface area (Å²) in [6.45, 7) is 0. The highest BCUT2D eigenvalue weighted by Gasteiger charge is 2.50. The number of benzene rings is 1. The van der Waals surface area contributed by atoms with Gasteiger partial charge in [-0.15, -0.1) is 9.03 Å². The minimum Gasteiger partial charge on any atom is -0.426 e. The Bertz CT molecular complexity index is 2040. The van der Waals surface area contributed by atoms with E-state index in [4.69, 9.17) is 43.6 Å². The van der Waals surface area contributed by atoms with Crippen molar-refractivity contribution in [3.05, 3.63) is 152 Å². The summed E-state index contributed by atoms with van der Waals surface area (Å²) in [5, 5.41) is 25.4. The molecule has 1 aromatic carbocycles. The summed E-state index contributed by atoms with van der Waals surface area (Å²) in [6.07, 6.45) is 38.8. The first kappa shape index (κ1) is 35.8. The Morgan fingerprint density at radius 2 is 0.698 bits per heavy atom. The van der Waals surface area contributed by atoms with Crippen molar-refractivity contribution in [1.82, 2.24) is 23.9 Å². The van der Waals surface area contributed by atoms with Crippen molar-refractivity contribution < 1.29 is 4.52 Å². The van der Waals surface area contributed by atoms with Crippen LogP contribution in [0.15, 0.2) is 191 Å². The first-order valence-electron chi connectivity index (χ1n) is 16.7. The van der Waals surface area contributed by atoms with Gasteiger partial charge >= 0.3 is 22.6 Å². The molecule has 0 saturated carbocycles. The van der Waals surface area contributed by atoms with E-state index in [-0.39, 0.29) is 0 Å². The van der Waals surface area contributed by atoms with Crippen molar-refractivity contribution in [1.29, 1.82) is 0 Å². The van der Waals surface area contributed by atoms with Crippen molar-refractivity contribution in [2.45, 2.75) is 0 Å². The van der Waals surface area contributed by atoms with Gasteiger partial charge in [-0.25, -0.2) is 23.9 Å². The molecule has 0 radical (unpaired) electrons. The molecule has 6 aliphatic rings. The fourth-order valence-electron chi connectivity index (χ4n) is 5.49. The van der Waals surface area contributed by atoms with Gasteiger partial charge < -0.3 is 4.52 Å². The topological polar surface area (TPSA) is 124 Å². The molecule has 0 N–H and O–H groups in total. The highest BCUT2D eigenvalue weighted by atomic mass is 31.3. The Kier molecular flexibility index (Phi) is 10.3. The van der Waals surface area contributed by atoms with Gasteiger partial charge in [0.05, 0.1) is 28.6 Å². The molecule has 270 valence electrons. The van der Waals surface area contributed by atoms with Crippen LogP contribution in [0.4, 0.5) is 0 Å². The normalized spacial score (nSPS) is 21.6. The van der Waals surface area contributed by atoms with Crippen LogP contribution in [0.5, 0.6) is 5.75 Å². The maximum Gasteiger partial charge on any atom is 0.378 e. The molecule has 0 amide bonds. The van der Waals surface area contributed by atoms with Crippen LogP contribution in [0.1, 0.15) is 0 Å². The predicted molar refractivity (Wildman–Crippen MR) is 223 cm³/mol. The molecule has 5 aliphatic carbocycles. The molecule has 14 nitrogen and oxygen atoms in total. The summed E-state index contributed by atoms with van der Waals surface area (Å²) in [5.74, 6) is 0.563. The molecular formula is C36H40N13OP3. The lowest BCUT2D eigenvalue weighted by molar-refractivity contribution is 0.456. The van der Waals surface area contributed by atoms with E-state index in [1.165, 1.54) is 0 Å². The Morgan fingerprint density at radius 3 is 1.04 bits per heavy atom. The summed E-state index contributed by atoms with van der Waals surface area (Å²) in [4.78, 5) is 0.